The number of hydrogen-bond acceptors (Lipinski definition) is 6. The fourth-order valence-corrected chi connectivity index (χ4v) is 2.51. The maximum Gasteiger partial charge on any atom is 0.319 e. The summed E-state index contributed by atoms with van der Waals surface area (Å²) < 4.78 is 15.3. The van der Waals surface area contributed by atoms with Gasteiger partial charge >= 0.3 is 5.97 Å². The molecule has 2 rings (SSSR count). The predicted octanol–water partition coefficient (Wildman–Crippen LogP) is 0.726. The molecular weight excluding hydrogens is 262 g/mol. The number of hydrogen-bond donors (Lipinski definition) is 1. The minimum Gasteiger partial charge on any atom is -0.496 e. The van der Waals surface area contributed by atoms with Crippen LogP contribution in [-0.4, -0.2) is 50.4 Å². The lowest BCUT2D eigenvalue weighted by molar-refractivity contribution is -0.142. The van der Waals surface area contributed by atoms with Crippen LogP contribution in [0, 0.1) is 0 Å². The Morgan fingerprint density at radius 3 is 2.55 bits per heavy atom. The van der Waals surface area contributed by atoms with E-state index >= 15 is 0 Å². The van der Waals surface area contributed by atoms with Crippen molar-refractivity contribution in [3.63, 3.8) is 0 Å². The van der Waals surface area contributed by atoms with Gasteiger partial charge in [-0.05, 0) is 12.1 Å². The summed E-state index contributed by atoms with van der Waals surface area (Å²) in [4.78, 5) is 13.2. The summed E-state index contributed by atoms with van der Waals surface area (Å²) in [6, 6.07) is 3.57. The molecule has 1 aliphatic heterocycles. The normalized spacial score (nSPS) is 18.3. The minimum absolute atomic E-state index is 0.132. The lowest BCUT2D eigenvalue weighted by Gasteiger charge is -2.33. The highest BCUT2D eigenvalue weighted by Gasteiger charge is 2.30. The lowest BCUT2D eigenvalue weighted by atomic mass is 9.95. The molecule has 1 aromatic rings. The Morgan fingerprint density at radius 1 is 1.30 bits per heavy atom. The summed E-state index contributed by atoms with van der Waals surface area (Å²) in [5.74, 6) is 0.975. The quantitative estimate of drug-likeness (QED) is 0.820. The van der Waals surface area contributed by atoms with E-state index in [-0.39, 0.29) is 12.5 Å². The number of esters is 1. The topological polar surface area (TPSA) is 68.2 Å². The highest BCUT2D eigenvalue weighted by Crippen LogP contribution is 2.39. The standard InChI is InChI=1S/C14H19NO5/c1-18-11-4-5-12(19-2)14-9(11)6-15(7-10(14)16)8-13(17)20-3/h4-5,10,16H,6-8H2,1-3H3/t10-/m1/s1. The molecule has 0 saturated heterocycles. The maximum atomic E-state index is 11.4. The van der Waals surface area contributed by atoms with Crippen molar-refractivity contribution in [1.29, 1.82) is 0 Å². The molecule has 1 heterocycles. The van der Waals surface area contributed by atoms with Gasteiger partial charge in [-0.2, -0.15) is 0 Å². The number of carbonyl (C=O) groups is 1. The third-order valence-corrected chi connectivity index (χ3v) is 3.44. The van der Waals surface area contributed by atoms with Crippen LogP contribution in [0.1, 0.15) is 17.2 Å². The van der Waals surface area contributed by atoms with Gasteiger partial charge in [0.1, 0.15) is 11.5 Å². The molecule has 0 aromatic heterocycles. The van der Waals surface area contributed by atoms with E-state index in [1.165, 1.54) is 7.11 Å². The number of β-amino-alcohol motifs (C(OH)–C–C–N with tert-alkyl or cyclic N) is 1. The Hall–Kier alpha value is -1.79. The summed E-state index contributed by atoms with van der Waals surface area (Å²) in [6.07, 6.45) is -0.728. The van der Waals surface area contributed by atoms with E-state index in [9.17, 15) is 9.90 Å². The molecule has 1 aromatic carbocycles. The predicted molar refractivity (Wildman–Crippen MR) is 71.8 cm³/mol. The van der Waals surface area contributed by atoms with Gasteiger partial charge in [0.2, 0.25) is 0 Å². The van der Waals surface area contributed by atoms with Gasteiger partial charge in [-0.25, -0.2) is 0 Å². The maximum absolute atomic E-state index is 11.4. The van der Waals surface area contributed by atoms with Crippen molar-refractivity contribution in [2.75, 3.05) is 34.4 Å². The molecule has 6 nitrogen and oxygen atoms in total. The number of benzene rings is 1. The SMILES string of the molecule is COC(=O)CN1Cc2c(OC)ccc(OC)c2[C@H](O)C1. The zero-order valence-corrected chi connectivity index (χ0v) is 11.9. The van der Waals surface area contributed by atoms with Crippen LogP contribution in [0.5, 0.6) is 11.5 Å². The number of methoxy groups -OCH3 is 3. The highest BCUT2D eigenvalue weighted by atomic mass is 16.5. The summed E-state index contributed by atoms with van der Waals surface area (Å²) in [7, 11) is 4.49. The van der Waals surface area contributed by atoms with Crippen LogP contribution in [0.25, 0.3) is 0 Å². The second-order valence-electron chi connectivity index (χ2n) is 4.62. The number of rotatable bonds is 4. The zero-order valence-electron chi connectivity index (χ0n) is 11.9. The molecule has 0 amide bonds. The Balaban J connectivity index is 2.35. The van der Waals surface area contributed by atoms with E-state index in [4.69, 9.17) is 9.47 Å². The molecule has 20 heavy (non-hydrogen) atoms. The lowest BCUT2D eigenvalue weighted by Crippen LogP contribution is -2.38. The van der Waals surface area contributed by atoms with Crippen molar-refractivity contribution in [2.24, 2.45) is 0 Å². The van der Waals surface area contributed by atoms with E-state index in [0.29, 0.717) is 24.6 Å². The fraction of sp³-hybridized carbons (Fsp3) is 0.500. The van der Waals surface area contributed by atoms with E-state index in [1.54, 1.807) is 26.4 Å². The zero-order chi connectivity index (χ0) is 14.7. The summed E-state index contributed by atoms with van der Waals surface area (Å²) in [5, 5.41) is 10.3. The largest absolute Gasteiger partial charge is 0.496 e. The number of aliphatic hydroxyl groups excluding tert-OH is 1. The van der Waals surface area contributed by atoms with Gasteiger partial charge in [-0.1, -0.05) is 0 Å². The third-order valence-electron chi connectivity index (χ3n) is 3.44. The van der Waals surface area contributed by atoms with Crippen LogP contribution < -0.4 is 9.47 Å². The van der Waals surface area contributed by atoms with E-state index in [0.717, 1.165) is 11.1 Å². The third kappa shape index (κ3) is 2.71. The molecule has 1 N–H and O–H groups in total. The molecule has 0 radical (unpaired) electrons. The molecule has 6 heteroatoms. The number of carbonyl (C=O) groups excluding carboxylic acids is 1. The van der Waals surface area contributed by atoms with Gasteiger partial charge in [-0.3, -0.25) is 9.69 Å². The Labute approximate surface area is 117 Å². The van der Waals surface area contributed by atoms with E-state index in [1.807, 2.05) is 4.90 Å². The van der Waals surface area contributed by atoms with Crippen LogP contribution in [0.15, 0.2) is 12.1 Å². The van der Waals surface area contributed by atoms with Gasteiger partial charge in [-0.15, -0.1) is 0 Å². The first-order valence-electron chi connectivity index (χ1n) is 6.31. The van der Waals surface area contributed by atoms with Gasteiger partial charge in [0.05, 0.1) is 34.0 Å². The van der Waals surface area contributed by atoms with Gasteiger partial charge in [0.25, 0.3) is 0 Å². The molecule has 0 unspecified atom stereocenters. The molecule has 1 atom stereocenters. The van der Waals surface area contributed by atoms with Gasteiger partial charge in [0, 0.05) is 24.2 Å². The van der Waals surface area contributed by atoms with Crippen molar-refractivity contribution in [3.8, 4) is 11.5 Å². The number of fused-ring (bicyclic) bond motifs is 1. The monoisotopic (exact) mass is 281 g/mol. The molecule has 0 fully saturated rings. The minimum atomic E-state index is -0.728. The summed E-state index contributed by atoms with van der Waals surface area (Å²) in [5.41, 5.74) is 1.57. The number of nitrogens with zero attached hydrogens (tertiary/aromatic N) is 1. The summed E-state index contributed by atoms with van der Waals surface area (Å²) in [6.45, 7) is 0.987. The van der Waals surface area contributed by atoms with Crippen molar-refractivity contribution in [2.45, 2.75) is 12.6 Å². The molecular formula is C14H19NO5. The van der Waals surface area contributed by atoms with Crippen LogP contribution in [-0.2, 0) is 16.1 Å². The molecule has 0 aliphatic carbocycles. The fourth-order valence-electron chi connectivity index (χ4n) is 2.51. The van der Waals surface area contributed by atoms with Gasteiger partial charge < -0.3 is 19.3 Å². The average Bonchev–Trinajstić information content (AvgIpc) is 2.45. The molecule has 1 aliphatic rings. The van der Waals surface area contributed by atoms with Crippen molar-refractivity contribution in [3.05, 3.63) is 23.3 Å². The molecule has 110 valence electrons. The van der Waals surface area contributed by atoms with Crippen LogP contribution in [0.2, 0.25) is 0 Å². The molecule has 0 spiro atoms. The summed E-state index contributed by atoms with van der Waals surface area (Å²) >= 11 is 0. The van der Waals surface area contributed by atoms with E-state index in [2.05, 4.69) is 4.74 Å². The van der Waals surface area contributed by atoms with Crippen molar-refractivity contribution >= 4 is 5.97 Å². The van der Waals surface area contributed by atoms with Gasteiger partial charge in [0.15, 0.2) is 0 Å². The number of aliphatic hydroxyl groups is 1. The Bertz CT molecular complexity index is 503. The van der Waals surface area contributed by atoms with Crippen LogP contribution in [0.4, 0.5) is 0 Å². The van der Waals surface area contributed by atoms with Crippen molar-refractivity contribution < 1.29 is 24.1 Å². The van der Waals surface area contributed by atoms with Crippen molar-refractivity contribution in [1.82, 2.24) is 4.90 Å². The first-order chi connectivity index (χ1) is 9.60. The Morgan fingerprint density at radius 2 is 1.95 bits per heavy atom. The average molecular weight is 281 g/mol. The van der Waals surface area contributed by atoms with Crippen LogP contribution >= 0.6 is 0 Å². The second kappa shape index (κ2) is 6.11. The van der Waals surface area contributed by atoms with E-state index < -0.39 is 6.10 Å². The first kappa shape index (κ1) is 14.6. The molecule has 0 saturated carbocycles. The molecule has 0 bridgehead atoms. The smallest absolute Gasteiger partial charge is 0.319 e. The number of ether oxygens (including phenoxy) is 3. The van der Waals surface area contributed by atoms with Crippen LogP contribution in [0.3, 0.4) is 0 Å². The Kier molecular flexibility index (Phi) is 4.46. The second-order valence-corrected chi connectivity index (χ2v) is 4.62. The highest BCUT2D eigenvalue weighted by molar-refractivity contribution is 5.71. The first-order valence-corrected chi connectivity index (χ1v) is 6.31.